The van der Waals surface area contributed by atoms with E-state index < -0.39 is 0 Å². The third-order valence-corrected chi connectivity index (χ3v) is 4.81. The lowest BCUT2D eigenvalue weighted by Crippen LogP contribution is -1.95. The zero-order chi connectivity index (χ0) is 14.8. The third kappa shape index (κ3) is 3.00. The van der Waals surface area contributed by atoms with E-state index in [1.54, 1.807) is 0 Å². The van der Waals surface area contributed by atoms with Crippen LogP contribution in [0.15, 0.2) is 60.9 Å². The van der Waals surface area contributed by atoms with Crippen molar-refractivity contribution in [2.45, 2.75) is 4.83 Å². The fourth-order valence-corrected chi connectivity index (χ4v) is 3.72. The summed E-state index contributed by atoms with van der Waals surface area (Å²) in [5, 5.41) is 5.66. The summed E-state index contributed by atoms with van der Waals surface area (Å²) in [5.74, 6) is 0. The van der Waals surface area contributed by atoms with E-state index in [0.29, 0.717) is 10.0 Å². The monoisotopic (exact) mass is 380 g/mol. The molecule has 3 rings (SSSR count). The van der Waals surface area contributed by atoms with Crippen molar-refractivity contribution in [3.8, 4) is 5.69 Å². The van der Waals surface area contributed by atoms with Gasteiger partial charge in [-0.15, -0.1) is 0 Å². The summed E-state index contributed by atoms with van der Waals surface area (Å²) in [7, 11) is 0. The number of rotatable bonds is 3. The third-order valence-electron chi connectivity index (χ3n) is 3.17. The number of halogens is 3. The maximum Gasteiger partial charge on any atom is 0.0704 e. The molecule has 0 aliphatic carbocycles. The Morgan fingerprint density at radius 3 is 2.29 bits per heavy atom. The van der Waals surface area contributed by atoms with E-state index in [0.717, 1.165) is 16.8 Å². The van der Waals surface area contributed by atoms with Crippen molar-refractivity contribution in [1.29, 1.82) is 0 Å². The number of para-hydroxylation sites is 1. The minimum atomic E-state index is -0.101. The first kappa shape index (κ1) is 14.6. The molecule has 2 nitrogen and oxygen atoms in total. The molecule has 0 N–H and O–H groups in total. The van der Waals surface area contributed by atoms with Gasteiger partial charge in [0.25, 0.3) is 0 Å². The van der Waals surface area contributed by atoms with Crippen LogP contribution < -0.4 is 0 Å². The van der Waals surface area contributed by atoms with E-state index in [9.17, 15) is 0 Å². The molecule has 0 amide bonds. The molecule has 3 aromatic rings. The van der Waals surface area contributed by atoms with Gasteiger partial charge in [-0.05, 0) is 24.3 Å². The van der Waals surface area contributed by atoms with Gasteiger partial charge in [0.1, 0.15) is 0 Å². The Bertz CT molecular complexity index is 736. The Balaban J connectivity index is 1.97. The number of hydrogen-bond acceptors (Lipinski definition) is 1. The van der Waals surface area contributed by atoms with Crippen molar-refractivity contribution >= 4 is 39.1 Å². The van der Waals surface area contributed by atoms with E-state index in [1.807, 2.05) is 65.6 Å². The first-order valence-electron chi connectivity index (χ1n) is 6.35. The van der Waals surface area contributed by atoms with Gasteiger partial charge in [-0.1, -0.05) is 63.4 Å². The highest BCUT2D eigenvalue weighted by Gasteiger charge is 2.18. The molecule has 0 aliphatic heterocycles. The van der Waals surface area contributed by atoms with Crippen molar-refractivity contribution in [2.75, 3.05) is 0 Å². The molecule has 1 unspecified atom stereocenters. The molecule has 0 bridgehead atoms. The van der Waals surface area contributed by atoms with Crippen LogP contribution in [0.3, 0.4) is 0 Å². The number of hydrogen-bond donors (Lipinski definition) is 0. The highest BCUT2D eigenvalue weighted by atomic mass is 79.9. The lowest BCUT2D eigenvalue weighted by molar-refractivity contribution is 0.880. The summed E-state index contributed by atoms with van der Waals surface area (Å²) in [6.07, 6.45) is 3.78. The Hall–Kier alpha value is -1.29. The van der Waals surface area contributed by atoms with Crippen molar-refractivity contribution in [2.24, 2.45) is 0 Å². The molecule has 21 heavy (non-hydrogen) atoms. The second-order valence-electron chi connectivity index (χ2n) is 4.55. The smallest absolute Gasteiger partial charge is 0.0704 e. The fourth-order valence-electron chi connectivity index (χ4n) is 2.11. The largest absolute Gasteiger partial charge is 0.241 e. The normalized spacial score (nSPS) is 12.3. The van der Waals surface area contributed by atoms with Crippen LogP contribution in [0.1, 0.15) is 16.0 Å². The summed E-state index contributed by atoms with van der Waals surface area (Å²) >= 11 is 16.2. The van der Waals surface area contributed by atoms with Gasteiger partial charge >= 0.3 is 0 Å². The van der Waals surface area contributed by atoms with Crippen molar-refractivity contribution in [3.05, 3.63) is 82.1 Å². The molecule has 0 fully saturated rings. The Labute approximate surface area is 141 Å². The second-order valence-corrected chi connectivity index (χ2v) is 6.28. The summed E-state index contributed by atoms with van der Waals surface area (Å²) in [6, 6.07) is 15.4. The summed E-state index contributed by atoms with van der Waals surface area (Å²) in [6.45, 7) is 0. The van der Waals surface area contributed by atoms with Gasteiger partial charge in [0.15, 0.2) is 0 Å². The maximum absolute atomic E-state index is 6.26. The number of alkyl halides is 1. The predicted molar refractivity (Wildman–Crippen MR) is 90.8 cm³/mol. The standard InChI is InChI=1S/C16H11BrCl2N2/c17-16(15-13(18)7-4-8-14(15)19)11-9-20-21(10-11)12-5-2-1-3-6-12/h1-10,16H. The minimum absolute atomic E-state index is 0.101. The van der Waals surface area contributed by atoms with Crippen molar-refractivity contribution < 1.29 is 0 Å². The summed E-state index contributed by atoms with van der Waals surface area (Å²) in [4.78, 5) is -0.101. The van der Waals surface area contributed by atoms with E-state index in [1.165, 1.54) is 0 Å². The average molecular weight is 382 g/mol. The van der Waals surface area contributed by atoms with E-state index in [-0.39, 0.29) is 4.83 Å². The van der Waals surface area contributed by atoms with Crippen LogP contribution in [0.5, 0.6) is 0 Å². The molecule has 5 heteroatoms. The van der Waals surface area contributed by atoms with E-state index in [4.69, 9.17) is 23.2 Å². The topological polar surface area (TPSA) is 17.8 Å². The molecule has 0 radical (unpaired) electrons. The zero-order valence-electron chi connectivity index (χ0n) is 10.9. The molecule has 2 aromatic carbocycles. The van der Waals surface area contributed by atoms with Crippen molar-refractivity contribution in [1.82, 2.24) is 9.78 Å². The molecule has 1 atom stereocenters. The quantitative estimate of drug-likeness (QED) is 0.535. The van der Waals surface area contributed by atoms with Crippen LogP contribution in [-0.4, -0.2) is 9.78 Å². The lowest BCUT2D eigenvalue weighted by atomic mass is 10.1. The van der Waals surface area contributed by atoms with Gasteiger partial charge in [0, 0.05) is 27.4 Å². The van der Waals surface area contributed by atoms with Crippen LogP contribution >= 0.6 is 39.1 Å². The van der Waals surface area contributed by atoms with Gasteiger partial charge < -0.3 is 0 Å². The molecule has 106 valence electrons. The molecule has 1 aromatic heterocycles. The molecule has 0 spiro atoms. The van der Waals surface area contributed by atoms with Crippen LogP contribution in [-0.2, 0) is 0 Å². The highest BCUT2D eigenvalue weighted by Crippen LogP contribution is 2.39. The van der Waals surface area contributed by atoms with E-state index >= 15 is 0 Å². The SMILES string of the molecule is Clc1cccc(Cl)c1C(Br)c1cnn(-c2ccccc2)c1. The van der Waals surface area contributed by atoms with Gasteiger partial charge in [-0.3, -0.25) is 0 Å². The Kier molecular flexibility index (Phi) is 4.34. The zero-order valence-corrected chi connectivity index (χ0v) is 14.0. The van der Waals surface area contributed by atoms with Crippen LogP contribution in [0.2, 0.25) is 10.0 Å². The number of nitrogens with zero attached hydrogens (tertiary/aromatic N) is 2. The summed E-state index contributed by atoms with van der Waals surface area (Å²) in [5.41, 5.74) is 2.86. The van der Waals surface area contributed by atoms with E-state index in [2.05, 4.69) is 21.0 Å². The Morgan fingerprint density at radius 1 is 0.952 bits per heavy atom. The number of benzene rings is 2. The minimum Gasteiger partial charge on any atom is -0.241 e. The second kappa shape index (κ2) is 6.22. The lowest BCUT2D eigenvalue weighted by Gasteiger charge is -2.12. The Morgan fingerprint density at radius 2 is 1.62 bits per heavy atom. The fraction of sp³-hybridized carbons (Fsp3) is 0.0625. The number of aromatic nitrogens is 2. The first-order chi connectivity index (χ1) is 10.2. The van der Waals surface area contributed by atoms with Crippen LogP contribution in [0.4, 0.5) is 0 Å². The van der Waals surface area contributed by atoms with Gasteiger partial charge in [0.05, 0.1) is 16.7 Å². The molecule has 0 saturated carbocycles. The molecular weight excluding hydrogens is 371 g/mol. The molecule has 1 heterocycles. The predicted octanol–water partition coefficient (Wildman–Crippen LogP) is 5.66. The average Bonchev–Trinajstić information content (AvgIpc) is 2.97. The van der Waals surface area contributed by atoms with Gasteiger partial charge in [0.2, 0.25) is 0 Å². The maximum atomic E-state index is 6.26. The van der Waals surface area contributed by atoms with Crippen LogP contribution in [0.25, 0.3) is 5.69 Å². The first-order valence-corrected chi connectivity index (χ1v) is 8.02. The van der Waals surface area contributed by atoms with Gasteiger partial charge in [-0.2, -0.15) is 5.10 Å². The summed E-state index contributed by atoms with van der Waals surface area (Å²) < 4.78 is 1.83. The van der Waals surface area contributed by atoms with Crippen molar-refractivity contribution in [3.63, 3.8) is 0 Å². The van der Waals surface area contributed by atoms with Gasteiger partial charge in [-0.25, -0.2) is 4.68 Å². The highest BCUT2D eigenvalue weighted by molar-refractivity contribution is 9.09. The molecule has 0 aliphatic rings. The van der Waals surface area contributed by atoms with Crippen LogP contribution in [0, 0.1) is 0 Å². The molecule has 0 saturated heterocycles. The molecular formula is C16H11BrCl2N2.